The van der Waals surface area contributed by atoms with Crippen molar-refractivity contribution in [2.45, 2.75) is 57.7 Å². The van der Waals surface area contributed by atoms with Crippen LogP contribution in [0.25, 0.3) is 0 Å². The van der Waals surface area contributed by atoms with Crippen molar-refractivity contribution >= 4 is 11.6 Å². The van der Waals surface area contributed by atoms with Crippen LogP contribution in [0.3, 0.4) is 0 Å². The van der Waals surface area contributed by atoms with Crippen molar-refractivity contribution in [3.05, 3.63) is 17.2 Å². The van der Waals surface area contributed by atoms with Gasteiger partial charge in [-0.2, -0.15) is 0 Å². The van der Waals surface area contributed by atoms with E-state index in [1.54, 1.807) is 6.20 Å². The molecule has 1 aliphatic rings. The fourth-order valence-corrected chi connectivity index (χ4v) is 3.00. The zero-order valence-corrected chi connectivity index (χ0v) is 12.6. The lowest BCUT2D eigenvalue weighted by Crippen LogP contribution is -2.37. The lowest BCUT2D eigenvalue weighted by molar-refractivity contribution is 0.106. The highest BCUT2D eigenvalue weighted by molar-refractivity contribution is 6.29. The Morgan fingerprint density at radius 3 is 2.89 bits per heavy atom. The molecule has 1 aliphatic heterocycles. The van der Waals surface area contributed by atoms with E-state index in [1.807, 2.05) is 18.5 Å². The molecule has 0 aliphatic carbocycles. The molecule has 4 nitrogen and oxygen atoms in total. The van der Waals surface area contributed by atoms with Crippen LogP contribution in [0.1, 0.15) is 44.9 Å². The highest BCUT2D eigenvalue weighted by Crippen LogP contribution is 2.23. The van der Waals surface area contributed by atoms with Gasteiger partial charge in [0.1, 0.15) is 11.0 Å². The van der Waals surface area contributed by atoms with Gasteiger partial charge in [-0.15, -0.1) is 0 Å². The van der Waals surface area contributed by atoms with Crippen LogP contribution in [0.4, 0.5) is 0 Å². The summed E-state index contributed by atoms with van der Waals surface area (Å²) in [5.41, 5.74) is 0. The van der Waals surface area contributed by atoms with Crippen LogP contribution in [0, 0.1) is 0 Å². The molecule has 1 fully saturated rings. The normalized spacial score (nSPS) is 23.3. The van der Waals surface area contributed by atoms with Crippen LogP contribution in [0.15, 0.2) is 6.20 Å². The Morgan fingerprint density at radius 1 is 1.47 bits per heavy atom. The van der Waals surface area contributed by atoms with E-state index in [0.717, 1.165) is 25.3 Å². The number of hydrogen-bond acceptors (Lipinski definition) is 3. The number of nitrogens with zero attached hydrogens (tertiary/aromatic N) is 3. The molecule has 0 aromatic carbocycles. The maximum absolute atomic E-state index is 9.67. The number of hydrogen-bond donors (Lipinski definition) is 1. The Labute approximate surface area is 120 Å². The fraction of sp³-hybridized carbons (Fsp3) is 0.786. The molecule has 0 amide bonds. The first-order valence-corrected chi connectivity index (χ1v) is 7.54. The predicted molar refractivity (Wildman–Crippen MR) is 77.2 cm³/mol. The number of rotatable bonds is 4. The topological polar surface area (TPSA) is 41.3 Å². The van der Waals surface area contributed by atoms with Crippen molar-refractivity contribution in [3.8, 4) is 0 Å². The van der Waals surface area contributed by atoms with Gasteiger partial charge in [-0.25, -0.2) is 4.98 Å². The van der Waals surface area contributed by atoms with Crippen LogP contribution in [-0.2, 0) is 13.6 Å². The van der Waals surface area contributed by atoms with E-state index in [-0.39, 0.29) is 6.10 Å². The number of aliphatic hydroxyl groups excluding tert-OH is 1. The minimum absolute atomic E-state index is 0.240. The van der Waals surface area contributed by atoms with Crippen molar-refractivity contribution in [2.24, 2.45) is 7.05 Å². The monoisotopic (exact) mass is 285 g/mol. The zero-order valence-electron chi connectivity index (χ0n) is 11.8. The SMILES string of the molecule is CC(O)CC1CCCCCN1Cc1ncc(Cl)n1C. The summed E-state index contributed by atoms with van der Waals surface area (Å²) in [6.07, 6.45) is 7.26. The summed E-state index contributed by atoms with van der Waals surface area (Å²) in [5, 5.41) is 10.3. The number of aromatic nitrogens is 2. The summed E-state index contributed by atoms with van der Waals surface area (Å²) in [4.78, 5) is 6.84. The highest BCUT2D eigenvalue weighted by Gasteiger charge is 2.23. The van der Waals surface area contributed by atoms with Gasteiger partial charge in [-0.3, -0.25) is 4.90 Å². The molecule has 2 unspecified atom stereocenters. The van der Waals surface area contributed by atoms with Gasteiger partial charge in [0.2, 0.25) is 0 Å². The number of likely N-dealkylation sites (tertiary alicyclic amines) is 1. The largest absolute Gasteiger partial charge is 0.393 e. The lowest BCUT2D eigenvalue weighted by Gasteiger charge is -2.30. The van der Waals surface area contributed by atoms with Gasteiger partial charge in [0, 0.05) is 13.1 Å². The minimum Gasteiger partial charge on any atom is -0.393 e. The summed E-state index contributed by atoms with van der Waals surface area (Å²) in [6.45, 7) is 3.78. The summed E-state index contributed by atoms with van der Waals surface area (Å²) < 4.78 is 1.94. The Hall–Kier alpha value is -0.580. The molecule has 0 saturated carbocycles. The van der Waals surface area contributed by atoms with Gasteiger partial charge in [0.05, 0.1) is 18.8 Å². The Kier molecular flexibility index (Phi) is 5.25. The van der Waals surface area contributed by atoms with Crippen molar-refractivity contribution < 1.29 is 5.11 Å². The van der Waals surface area contributed by atoms with Crippen molar-refractivity contribution in [3.63, 3.8) is 0 Å². The molecule has 108 valence electrons. The van der Waals surface area contributed by atoms with E-state index in [4.69, 9.17) is 11.6 Å². The Balaban J connectivity index is 2.07. The van der Waals surface area contributed by atoms with Crippen molar-refractivity contribution in [1.82, 2.24) is 14.5 Å². The van der Waals surface area contributed by atoms with Gasteiger partial charge in [-0.05, 0) is 32.7 Å². The minimum atomic E-state index is -0.240. The highest BCUT2D eigenvalue weighted by atomic mass is 35.5. The van der Waals surface area contributed by atoms with Gasteiger partial charge >= 0.3 is 0 Å². The molecule has 1 aromatic heterocycles. The molecule has 1 aromatic rings. The van der Waals surface area contributed by atoms with Crippen LogP contribution >= 0.6 is 11.6 Å². The van der Waals surface area contributed by atoms with Crippen LogP contribution in [0.2, 0.25) is 5.15 Å². The van der Waals surface area contributed by atoms with E-state index in [9.17, 15) is 5.11 Å². The second-order valence-corrected chi connectivity index (χ2v) is 6.00. The summed E-state index contributed by atoms with van der Waals surface area (Å²) >= 11 is 6.04. The van der Waals surface area contributed by atoms with Gasteiger partial charge in [0.15, 0.2) is 0 Å². The number of imidazole rings is 1. The average Bonchev–Trinajstić information content (AvgIpc) is 2.56. The summed E-state index contributed by atoms with van der Waals surface area (Å²) in [7, 11) is 1.95. The molecule has 2 rings (SSSR count). The average molecular weight is 286 g/mol. The van der Waals surface area contributed by atoms with Crippen molar-refractivity contribution in [2.75, 3.05) is 6.54 Å². The van der Waals surface area contributed by atoms with Gasteiger partial charge in [0.25, 0.3) is 0 Å². The maximum atomic E-state index is 9.67. The molecule has 1 N–H and O–H groups in total. The third kappa shape index (κ3) is 3.94. The lowest BCUT2D eigenvalue weighted by atomic mass is 10.0. The second-order valence-electron chi connectivity index (χ2n) is 5.61. The third-order valence-corrected chi connectivity index (χ3v) is 4.34. The van der Waals surface area contributed by atoms with E-state index in [1.165, 1.54) is 25.7 Å². The predicted octanol–water partition coefficient (Wildman–Crippen LogP) is 2.59. The third-order valence-electron chi connectivity index (χ3n) is 3.98. The molecule has 0 radical (unpaired) electrons. The first-order chi connectivity index (χ1) is 9.08. The van der Waals surface area contributed by atoms with Crippen LogP contribution in [-0.4, -0.2) is 38.2 Å². The standard InChI is InChI=1S/C14H24ClN3O/c1-11(19)8-12-6-4-3-5-7-18(12)10-14-16-9-13(15)17(14)2/h9,11-12,19H,3-8,10H2,1-2H3. The molecule has 2 atom stereocenters. The Bertz CT molecular complexity index is 405. The summed E-state index contributed by atoms with van der Waals surface area (Å²) in [5.74, 6) is 1.00. The zero-order chi connectivity index (χ0) is 13.8. The fourth-order valence-electron chi connectivity index (χ4n) is 2.86. The second kappa shape index (κ2) is 6.73. The molecule has 5 heteroatoms. The van der Waals surface area contributed by atoms with Crippen LogP contribution in [0.5, 0.6) is 0 Å². The Morgan fingerprint density at radius 2 is 2.26 bits per heavy atom. The summed E-state index contributed by atoms with van der Waals surface area (Å²) in [6, 6.07) is 0.456. The molecule has 2 heterocycles. The van der Waals surface area contributed by atoms with Crippen LogP contribution < -0.4 is 0 Å². The van der Waals surface area contributed by atoms with E-state index in [2.05, 4.69) is 9.88 Å². The molecule has 1 saturated heterocycles. The van der Waals surface area contributed by atoms with E-state index in [0.29, 0.717) is 11.2 Å². The van der Waals surface area contributed by atoms with E-state index >= 15 is 0 Å². The molecule has 19 heavy (non-hydrogen) atoms. The first-order valence-electron chi connectivity index (χ1n) is 7.16. The van der Waals surface area contributed by atoms with Crippen molar-refractivity contribution in [1.29, 1.82) is 0 Å². The van der Waals surface area contributed by atoms with Gasteiger partial charge < -0.3 is 9.67 Å². The van der Waals surface area contributed by atoms with Gasteiger partial charge in [-0.1, -0.05) is 24.4 Å². The first kappa shape index (κ1) is 14.8. The molecule has 0 spiro atoms. The smallest absolute Gasteiger partial charge is 0.128 e. The molecular weight excluding hydrogens is 262 g/mol. The maximum Gasteiger partial charge on any atom is 0.128 e. The quantitative estimate of drug-likeness (QED) is 0.924. The molecular formula is C14H24ClN3O. The number of aliphatic hydroxyl groups is 1. The van der Waals surface area contributed by atoms with E-state index < -0.39 is 0 Å². The number of halogens is 1. The molecule has 0 bridgehead atoms.